The van der Waals surface area contributed by atoms with Gasteiger partial charge < -0.3 is 18.8 Å². The van der Waals surface area contributed by atoms with E-state index >= 15 is 0 Å². The van der Waals surface area contributed by atoms with Crippen molar-refractivity contribution in [2.24, 2.45) is 7.05 Å². The molecule has 0 aliphatic carbocycles. The Hall–Kier alpha value is -3.21. The van der Waals surface area contributed by atoms with E-state index in [1.807, 2.05) is 54.1 Å². The second-order valence-corrected chi connectivity index (χ2v) is 5.83. The van der Waals surface area contributed by atoms with Crippen LogP contribution in [-0.2, 0) is 7.05 Å². The van der Waals surface area contributed by atoms with E-state index in [0.29, 0.717) is 17.2 Å². The van der Waals surface area contributed by atoms with Crippen LogP contribution in [0.1, 0.15) is 16.1 Å². The van der Waals surface area contributed by atoms with Crippen molar-refractivity contribution in [3.05, 3.63) is 59.8 Å². The van der Waals surface area contributed by atoms with E-state index in [2.05, 4.69) is 0 Å². The van der Waals surface area contributed by atoms with Gasteiger partial charge in [-0.2, -0.15) is 0 Å². The minimum Gasteiger partial charge on any atom is -0.497 e. The van der Waals surface area contributed by atoms with Crippen LogP contribution in [-0.4, -0.2) is 31.7 Å². The zero-order chi connectivity index (χ0) is 18.7. The molecule has 0 radical (unpaired) electrons. The fraction of sp³-hybridized carbons (Fsp3) is 0.190. The van der Waals surface area contributed by atoms with Gasteiger partial charge in [-0.15, -0.1) is 0 Å². The van der Waals surface area contributed by atoms with E-state index in [-0.39, 0.29) is 5.78 Å². The van der Waals surface area contributed by atoms with Gasteiger partial charge in [0.1, 0.15) is 5.75 Å². The van der Waals surface area contributed by atoms with Gasteiger partial charge in [0, 0.05) is 18.5 Å². The van der Waals surface area contributed by atoms with Crippen LogP contribution in [0, 0.1) is 0 Å². The number of ether oxygens (including phenoxy) is 3. The van der Waals surface area contributed by atoms with Crippen molar-refractivity contribution in [2.75, 3.05) is 21.3 Å². The fourth-order valence-corrected chi connectivity index (χ4v) is 2.87. The van der Waals surface area contributed by atoms with Gasteiger partial charge in [-0.1, -0.05) is 18.2 Å². The smallest absolute Gasteiger partial charge is 0.202 e. The van der Waals surface area contributed by atoms with Crippen molar-refractivity contribution in [3.8, 4) is 17.2 Å². The molecule has 5 heteroatoms. The third-order valence-electron chi connectivity index (χ3n) is 4.34. The second kappa shape index (κ2) is 7.35. The van der Waals surface area contributed by atoms with Gasteiger partial charge in [0.25, 0.3) is 0 Å². The Morgan fingerprint density at radius 3 is 2.19 bits per heavy atom. The van der Waals surface area contributed by atoms with Crippen molar-refractivity contribution in [2.45, 2.75) is 0 Å². The molecule has 0 atom stereocenters. The van der Waals surface area contributed by atoms with Gasteiger partial charge in [0.05, 0.1) is 32.5 Å². The average molecular weight is 351 g/mol. The highest BCUT2D eigenvalue weighted by atomic mass is 16.5. The van der Waals surface area contributed by atoms with Crippen molar-refractivity contribution < 1.29 is 19.0 Å². The summed E-state index contributed by atoms with van der Waals surface area (Å²) in [4.78, 5) is 12.6. The molecule has 1 aromatic heterocycles. The van der Waals surface area contributed by atoms with Crippen molar-refractivity contribution in [3.63, 3.8) is 0 Å². The number of fused-ring (bicyclic) bond motifs is 1. The van der Waals surface area contributed by atoms with Crippen LogP contribution in [0.5, 0.6) is 17.2 Å². The fourth-order valence-electron chi connectivity index (χ4n) is 2.87. The number of benzene rings is 2. The Bertz CT molecular complexity index is 968. The molecule has 0 amide bonds. The van der Waals surface area contributed by atoms with Crippen LogP contribution in [0.25, 0.3) is 17.0 Å². The van der Waals surface area contributed by atoms with Crippen molar-refractivity contribution in [1.29, 1.82) is 0 Å². The van der Waals surface area contributed by atoms with E-state index in [1.54, 1.807) is 33.5 Å². The molecular weight excluding hydrogens is 330 g/mol. The lowest BCUT2D eigenvalue weighted by Gasteiger charge is -2.08. The molecule has 26 heavy (non-hydrogen) atoms. The number of aromatic nitrogens is 1. The molecule has 0 bridgehead atoms. The van der Waals surface area contributed by atoms with Crippen LogP contribution in [0.4, 0.5) is 0 Å². The first-order valence-corrected chi connectivity index (χ1v) is 8.15. The highest BCUT2D eigenvalue weighted by Crippen LogP contribution is 2.33. The molecule has 0 spiro atoms. The summed E-state index contributed by atoms with van der Waals surface area (Å²) in [6, 6.07) is 13.1. The number of aryl methyl sites for hydroxylation is 1. The third kappa shape index (κ3) is 3.28. The van der Waals surface area contributed by atoms with Gasteiger partial charge in [0.15, 0.2) is 11.5 Å². The number of carbonyl (C=O) groups excluding carboxylic acids is 1. The number of nitrogens with zero attached hydrogens (tertiary/aromatic N) is 1. The zero-order valence-corrected chi connectivity index (χ0v) is 15.3. The van der Waals surface area contributed by atoms with E-state index < -0.39 is 0 Å². The van der Waals surface area contributed by atoms with E-state index in [4.69, 9.17) is 14.2 Å². The number of allylic oxidation sites excluding steroid dienone is 1. The number of hydrogen-bond acceptors (Lipinski definition) is 4. The summed E-state index contributed by atoms with van der Waals surface area (Å²) in [7, 11) is 6.67. The van der Waals surface area contributed by atoms with Crippen LogP contribution in [0.2, 0.25) is 0 Å². The molecule has 0 aliphatic rings. The first kappa shape index (κ1) is 17.6. The number of methoxy groups -OCH3 is 3. The van der Waals surface area contributed by atoms with Gasteiger partial charge in [0.2, 0.25) is 5.78 Å². The molecule has 0 aliphatic heterocycles. The minimum atomic E-state index is -0.0718. The van der Waals surface area contributed by atoms with Crippen LogP contribution in [0.15, 0.2) is 48.5 Å². The summed E-state index contributed by atoms with van der Waals surface area (Å²) in [5, 5.41) is 0.923. The standard InChI is InChI=1S/C21H21NO4/c1-22-17-13-21(26-4)20(25-3)12-15(17)11-18(22)19(23)10-7-14-5-8-16(24-2)9-6-14/h5-13H,1-4H3/b10-7+. The molecule has 2 aromatic carbocycles. The van der Waals surface area contributed by atoms with Crippen molar-refractivity contribution in [1.82, 2.24) is 4.57 Å². The Labute approximate surface area is 152 Å². The summed E-state index contributed by atoms with van der Waals surface area (Å²) < 4.78 is 17.7. The molecule has 0 saturated carbocycles. The van der Waals surface area contributed by atoms with Gasteiger partial charge in [-0.05, 0) is 35.9 Å². The summed E-state index contributed by atoms with van der Waals surface area (Å²) in [5.74, 6) is 1.98. The normalized spacial score (nSPS) is 11.1. The lowest BCUT2D eigenvalue weighted by atomic mass is 10.1. The first-order valence-electron chi connectivity index (χ1n) is 8.15. The van der Waals surface area contributed by atoms with Gasteiger partial charge >= 0.3 is 0 Å². The van der Waals surface area contributed by atoms with E-state index in [9.17, 15) is 4.79 Å². The van der Waals surface area contributed by atoms with Crippen LogP contribution in [0.3, 0.4) is 0 Å². The average Bonchev–Trinajstić information content (AvgIpc) is 3.01. The zero-order valence-electron chi connectivity index (χ0n) is 15.3. The molecule has 0 fully saturated rings. The highest BCUT2D eigenvalue weighted by Gasteiger charge is 2.14. The maximum Gasteiger partial charge on any atom is 0.202 e. The summed E-state index contributed by atoms with van der Waals surface area (Å²) in [5.41, 5.74) is 2.44. The molecule has 1 heterocycles. The summed E-state index contributed by atoms with van der Waals surface area (Å²) in [6.07, 6.45) is 3.37. The quantitative estimate of drug-likeness (QED) is 0.496. The number of rotatable bonds is 6. The summed E-state index contributed by atoms with van der Waals surface area (Å²) in [6.45, 7) is 0. The minimum absolute atomic E-state index is 0.0718. The maximum absolute atomic E-state index is 12.6. The molecule has 5 nitrogen and oxygen atoms in total. The van der Waals surface area contributed by atoms with Crippen molar-refractivity contribution >= 4 is 22.8 Å². The highest BCUT2D eigenvalue weighted by molar-refractivity contribution is 6.08. The molecular formula is C21H21NO4. The Morgan fingerprint density at radius 2 is 1.58 bits per heavy atom. The summed E-state index contributed by atoms with van der Waals surface area (Å²) >= 11 is 0. The second-order valence-electron chi connectivity index (χ2n) is 5.83. The topological polar surface area (TPSA) is 49.7 Å². The first-order chi connectivity index (χ1) is 12.6. The molecule has 0 unspecified atom stereocenters. The van der Waals surface area contributed by atoms with E-state index in [0.717, 1.165) is 22.2 Å². The maximum atomic E-state index is 12.6. The lowest BCUT2D eigenvalue weighted by molar-refractivity contribution is 0.104. The SMILES string of the molecule is COc1ccc(/C=C/C(=O)c2cc3cc(OC)c(OC)cc3n2C)cc1. The predicted molar refractivity (Wildman–Crippen MR) is 102 cm³/mol. The number of carbonyl (C=O) groups is 1. The van der Waals surface area contributed by atoms with Gasteiger partial charge in [-0.3, -0.25) is 4.79 Å². The molecule has 134 valence electrons. The van der Waals surface area contributed by atoms with Gasteiger partial charge in [-0.25, -0.2) is 0 Å². The van der Waals surface area contributed by atoms with Crippen LogP contribution >= 0.6 is 0 Å². The molecule has 3 aromatic rings. The Balaban J connectivity index is 1.92. The largest absolute Gasteiger partial charge is 0.497 e. The van der Waals surface area contributed by atoms with Crippen LogP contribution < -0.4 is 14.2 Å². The third-order valence-corrected chi connectivity index (χ3v) is 4.34. The van der Waals surface area contributed by atoms with E-state index in [1.165, 1.54) is 0 Å². The lowest BCUT2D eigenvalue weighted by Crippen LogP contribution is -2.02. The molecule has 3 rings (SSSR count). The Morgan fingerprint density at radius 1 is 0.923 bits per heavy atom. The predicted octanol–water partition coefficient (Wildman–Crippen LogP) is 4.10. The molecule has 0 N–H and O–H groups in total. The Kier molecular flexibility index (Phi) is 4.98. The molecule has 0 saturated heterocycles. The monoisotopic (exact) mass is 351 g/mol. The number of ketones is 1. The number of hydrogen-bond donors (Lipinski definition) is 0.